The summed E-state index contributed by atoms with van der Waals surface area (Å²) in [4.78, 5) is 0. The molecule has 0 aromatic carbocycles. The van der Waals surface area contributed by atoms with Gasteiger partial charge in [0.25, 0.3) is 0 Å². The van der Waals surface area contributed by atoms with Crippen molar-refractivity contribution in [2.24, 2.45) is 5.92 Å². The molecular weight excluding hydrogens is 212 g/mol. The number of nitrogens with zero attached hydrogens (tertiary/aromatic N) is 2. The highest BCUT2D eigenvalue weighted by Crippen LogP contribution is 2.21. The maximum absolute atomic E-state index is 5.41. The third-order valence-electron chi connectivity index (χ3n) is 3.86. The Hall–Kier alpha value is -0.830. The molecule has 0 bridgehead atoms. The molecule has 96 valence electrons. The number of aryl methyl sites for hydroxylation is 1. The Morgan fingerprint density at radius 1 is 1.24 bits per heavy atom. The summed E-state index contributed by atoms with van der Waals surface area (Å²) in [6, 6.07) is 0. The Morgan fingerprint density at radius 3 is 2.53 bits per heavy atom. The predicted octanol–water partition coefficient (Wildman–Crippen LogP) is 2.74. The third-order valence-corrected chi connectivity index (χ3v) is 3.86. The fourth-order valence-electron chi connectivity index (χ4n) is 2.75. The van der Waals surface area contributed by atoms with Crippen LogP contribution >= 0.6 is 0 Å². The summed E-state index contributed by atoms with van der Waals surface area (Å²) in [5.74, 6) is 0.748. The zero-order chi connectivity index (χ0) is 12.3. The van der Waals surface area contributed by atoms with Crippen molar-refractivity contribution in [3.8, 4) is 0 Å². The van der Waals surface area contributed by atoms with Gasteiger partial charge in [-0.05, 0) is 44.1 Å². The average molecular weight is 236 g/mol. The van der Waals surface area contributed by atoms with Crippen molar-refractivity contribution >= 4 is 0 Å². The van der Waals surface area contributed by atoms with Crippen LogP contribution in [-0.2, 0) is 24.1 Å². The summed E-state index contributed by atoms with van der Waals surface area (Å²) in [5, 5.41) is 4.77. The van der Waals surface area contributed by atoms with Crippen LogP contribution in [0.25, 0.3) is 0 Å². The van der Waals surface area contributed by atoms with Gasteiger partial charge in [0.1, 0.15) is 0 Å². The largest absolute Gasteiger partial charge is 0.381 e. The fourth-order valence-corrected chi connectivity index (χ4v) is 2.75. The van der Waals surface area contributed by atoms with E-state index < -0.39 is 0 Å². The molecule has 1 aliphatic heterocycles. The Bertz CT molecular complexity index is 365. The Kier molecular flexibility index (Phi) is 4.21. The molecule has 1 saturated heterocycles. The van der Waals surface area contributed by atoms with Crippen LogP contribution in [0.4, 0.5) is 0 Å². The molecule has 3 heteroatoms. The lowest BCUT2D eigenvalue weighted by atomic mass is 10.0. The highest BCUT2D eigenvalue weighted by Gasteiger charge is 2.18. The van der Waals surface area contributed by atoms with E-state index in [0.717, 1.165) is 38.5 Å². The van der Waals surface area contributed by atoms with Crippen molar-refractivity contribution in [3.63, 3.8) is 0 Å². The van der Waals surface area contributed by atoms with Gasteiger partial charge in [0.05, 0.1) is 5.69 Å². The van der Waals surface area contributed by atoms with Crippen LogP contribution in [0.2, 0.25) is 0 Å². The van der Waals surface area contributed by atoms with E-state index in [1.54, 1.807) is 0 Å². The summed E-state index contributed by atoms with van der Waals surface area (Å²) in [6.07, 6.45) is 4.49. The highest BCUT2D eigenvalue weighted by atomic mass is 16.5. The van der Waals surface area contributed by atoms with Gasteiger partial charge in [0.15, 0.2) is 0 Å². The lowest BCUT2D eigenvalue weighted by Gasteiger charge is -2.22. The normalized spacial score (nSPS) is 17.6. The van der Waals surface area contributed by atoms with E-state index in [2.05, 4.69) is 25.5 Å². The van der Waals surface area contributed by atoms with Crippen LogP contribution in [0.3, 0.4) is 0 Å². The third kappa shape index (κ3) is 2.71. The second-order valence-corrected chi connectivity index (χ2v) is 4.96. The van der Waals surface area contributed by atoms with Crippen molar-refractivity contribution in [1.82, 2.24) is 9.78 Å². The van der Waals surface area contributed by atoms with Gasteiger partial charge in [-0.2, -0.15) is 5.10 Å². The second-order valence-electron chi connectivity index (χ2n) is 4.96. The SMILES string of the molecule is CCc1nn(CC2CCOCC2)c(CC)c1C. The molecule has 3 nitrogen and oxygen atoms in total. The number of hydrogen-bond donors (Lipinski definition) is 0. The second kappa shape index (κ2) is 5.67. The predicted molar refractivity (Wildman–Crippen MR) is 69.3 cm³/mol. The van der Waals surface area contributed by atoms with E-state index in [0.29, 0.717) is 0 Å². The summed E-state index contributed by atoms with van der Waals surface area (Å²) in [6.45, 7) is 9.55. The van der Waals surface area contributed by atoms with E-state index >= 15 is 0 Å². The van der Waals surface area contributed by atoms with Crippen molar-refractivity contribution in [2.75, 3.05) is 13.2 Å². The minimum atomic E-state index is 0.748. The summed E-state index contributed by atoms with van der Waals surface area (Å²) in [5.41, 5.74) is 4.10. The number of aromatic nitrogens is 2. The molecule has 0 unspecified atom stereocenters. The first-order valence-electron chi connectivity index (χ1n) is 6.89. The highest BCUT2D eigenvalue weighted by molar-refractivity contribution is 5.24. The zero-order valence-corrected chi connectivity index (χ0v) is 11.3. The lowest BCUT2D eigenvalue weighted by molar-refractivity contribution is 0.0598. The first-order valence-corrected chi connectivity index (χ1v) is 6.89. The van der Waals surface area contributed by atoms with Crippen molar-refractivity contribution in [2.45, 2.75) is 53.0 Å². The van der Waals surface area contributed by atoms with Crippen LogP contribution in [0.1, 0.15) is 43.6 Å². The molecule has 17 heavy (non-hydrogen) atoms. The van der Waals surface area contributed by atoms with Crippen LogP contribution in [-0.4, -0.2) is 23.0 Å². The Morgan fingerprint density at radius 2 is 1.94 bits per heavy atom. The van der Waals surface area contributed by atoms with Crippen LogP contribution in [0, 0.1) is 12.8 Å². The van der Waals surface area contributed by atoms with Crippen LogP contribution in [0.15, 0.2) is 0 Å². The molecule has 0 saturated carbocycles. The molecule has 1 aromatic rings. The molecule has 1 aromatic heterocycles. The summed E-state index contributed by atoms with van der Waals surface area (Å²) >= 11 is 0. The fraction of sp³-hybridized carbons (Fsp3) is 0.786. The maximum atomic E-state index is 5.41. The van der Waals surface area contributed by atoms with Crippen molar-refractivity contribution in [3.05, 3.63) is 17.0 Å². The minimum Gasteiger partial charge on any atom is -0.381 e. The Balaban J connectivity index is 2.13. The van der Waals surface area contributed by atoms with Crippen molar-refractivity contribution in [1.29, 1.82) is 0 Å². The van der Waals surface area contributed by atoms with E-state index in [1.165, 1.54) is 29.8 Å². The monoisotopic (exact) mass is 236 g/mol. The molecule has 1 aliphatic rings. The summed E-state index contributed by atoms with van der Waals surface area (Å²) < 4.78 is 7.67. The van der Waals surface area contributed by atoms with Crippen LogP contribution in [0.5, 0.6) is 0 Å². The standard InChI is InChI=1S/C14H24N2O/c1-4-13-11(3)14(5-2)16(15-13)10-12-6-8-17-9-7-12/h12H,4-10H2,1-3H3. The molecule has 0 N–H and O–H groups in total. The molecule has 0 spiro atoms. The topological polar surface area (TPSA) is 27.1 Å². The molecule has 0 atom stereocenters. The quantitative estimate of drug-likeness (QED) is 0.803. The number of hydrogen-bond acceptors (Lipinski definition) is 2. The van der Waals surface area contributed by atoms with Gasteiger partial charge in [0.2, 0.25) is 0 Å². The van der Waals surface area contributed by atoms with Crippen LogP contribution < -0.4 is 0 Å². The van der Waals surface area contributed by atoms with Gasteiger partial charge >= 0.3 is 0 Å². The average Bonchev–Trinajstić information content (AvgIpc) is 2.66. The maximum Gasteiger partial charge on any atom is 0.0653 e. The Labute approximate surface area is 104 Å². The molecule has 2 rings (SSSR count). The smallest absolute Gasteiger partial charge is 0.0653 e. The number of ether oxygens (including phenoxy) is 1. The van der Waals surface area contributed by atoms with Gasteiger partial charge < -0.3 is 4.74 Å². The minimum absolute atomic E-state index is 0.748. The van der Waals surface area contributed by atoms with E-state index in [9.17, 15) is 0 Å². The molecule has 0 amide bonds. The first kappa shape index (κ1) is 12.6. The van der Waals surface area contributed by atoms with Gasteiger partial charge in [-0.1, -0.05) is 13.8 Å². The van der Waals surface area contributed by atoms with Gasteiger partial charge in [-0.25, -0.2) is 0 Å². The molecule has 0 radical (unpaired) electrons. The molecule has 1 fully saturated rings. The van der Waals surface area contributed by atoms with Gasteiger partial charge in [0, 0.05) is 25.5 Å². The number of rotatable bonds is 4. The van der Waals surface area contributed by atoms with Crippen molar-refractivity contribution < 1.29 is 4.74 Å². The lowest BCUT2D eigenvalue weighted by Crippen LogP contribution is -2.22. The molecular formula is C14H24N2O. The van der Waals surface area contributed by atoms with E-state index in [1.807, 2.05) is 0 Å². The van der Waals surface area contributed by atoms with Gasteiger partial charge in [-0.3, -0.25) is 4.68 Å². The molecule has 2 heterocycles. The van der Waals surface area contributed by atoms with E-state index in [-0.39, 0.29) is 0 Å². The van der Waals surface area contributed by atoms with E-state index in [4.69, 9.17) is 9.84 Å². The zero-order valence-electron chi connectivity index (χ0n) is 11.3. The summed E-state index contributed by atoms with van der Waals surface area (Å²) in [7, 11) is 0. The molecule has 0 aliphatic carbocycles. The van der Waals surface area contributed by atoms with Gasteiger partial charge in [-0.15, -0.1) is 0 Å². The first-order chi connectivity index (χ1) is 8.26.